The summed E-state index contributed by atoms with van der Waals surface area (Å²) in [7, 11) is -2.21. The molecular weight excluding hydrogens is 326 g/mol. The zero-order valence-electron chi connectivity index (χ0n) is 12.1. The van der Waals surface area contributed by atoms with Gasteiger partial charge in [0.2, 0.25) is 0 Å². The minimum absolute atomic E-state index is 0.0457. The summed E-state index contributed by atoms with van der Waals surface area (Å²) in [6.07, 6.45) is 0. The number of aryl methyl sites for hydroxylation is 2. The number of nitrogens with one attached hydrogen (secondary N) is 1. The van der Waals surface area contributed by atoms with Crippen LogP contribution < -0.4 is 9.46 Å². The molecule has 2 aromatic heterocycles. The second-order valence-corrected chi connectivity index (χ2v) is 7.26. The number of anilines is 1. The highest BCUT2D eigenvalue weighted by atomic mass is 32.2. The maximum atomic E-state index is 12.4. The summed E-state index contributed by atoms with van der Waals surface area (Å²) in [5.41, 5.74) is 1.01. The molecule has 0 amide bonds. The highest BCUT2D eigenvalue weighted by Gasteiger charge is 2.25. The predicted octanol–water partition coefficient (Wildman–Crippen LogP) is 2.71. The molecule has 0 aliphatic carbocycles. The zero-order chi connectivity index (χ0) is 15.9. The predicted molar refractivity (Wildman–Crippen MR) is 83.0 cm³/mol. The lowest BCUT2D eigenvalue weighted by atomic mass is 10.3. The lowest BCUT2D eigenvalue weighted by Crippen LogP contribution is -2.14. The van der Waals surface area contributed by atoms with Crippen LogP contribution in [-0.2, 0) is 10.0 Å². The van der Waals surface area contributed by atoms with Crippen LogP contribution >= 0.6 is 11.3 Å². The van der Waals surface area contributed by atoms with E-state index in [0.29, 0.717) is 17.0 Å². The van der Waals surface area contributed by atoms with Crippen LogP contribution in [0.25, 0.3) is 10.2 Å². The summed E-state index contributed by atoms with van der Waals surface area (Å²) >= 11 is 1.23. The van der Waals surface area contributed by atoms with E-state index >= 15 is 0 Å². The molecule has 0 saturated heterocycles. The van der Waals surface area contributed by atoms with Gasteiger partial charge in [-0.15, -0.1) is 0 Å². The van der Waals surface area contributed by atoms with Gasteiger partial charge in [0.05, 0.1) is 17.3 Å². The molecular formula is C13H13N3O4S2. The second kappa shape index (κ2) is 5.25. The SMILES string of the molecule is COc1ccc2nc(NS(=O)(=O)c3c(C)noc3C)sc2c1. The van der Waals surface area contributed by atoms with Gasteiger partial charge in [-0.2, -0.15) is 0 Å². The first-order valence-electron chi connectivity index (χ1n) is 6.31. The Morgan fingerprint density at radius 1 is 1.32 bits per heavy atom. The van der Waals surface area contributed by atoms with Crippen molar-refractivity contribution in [3.05, 3.63) is 29.7 Å². The first-order chi connectivity index (χ1) is 10.4. The topological polar surface area (TPSA) is 94.3 Å². The average molecular weight is 339 g/mol. The summed E-state index contributed by atoms with van der Waals surface area (Å²) in [4.78, 5) is 4.31. The van der Waals surface area contributed by atoms with Gasteiger partial charge in [-0.25, -0.2) is 13.4 Å². The largest absolute Gasteiger partial charge is 0.497 e. The van der Waals surface area contributed by atoms with Crippen LogP contribution in [0.2, 0.25) is 0 Å². The molecule has 0 unspecified atom stereocenters. The smallest absolute Gasteiger partial charge is 0.269 e. The van der Waals surface area contributed by atoms with E-state index in [9.17, 15) is 8.42 Å². The van der Waals surface area contributed by atoms with Gasteiger partial charge in [-0.3, -0.25) is 4.72 Å². The third kappa shape index (κ3) is 2.53. The van der Waals surface area contributed by atoms with Crippen LogP contribution in [-0.4, -0.2) is 25.7 Å². The molecule has 0 radical (unpaired) electrons. The number of hydrogen-bond donors (Lipinski definition) is 1. The van der Waals surface area contributed by atoms with Crippen LogP contribution in [0.1, 0.15) is 11.5 Å². The van der Waals surface area contributed by atoms with Gasteiger partial charge >= 0.3 is 0 Å². The van der Waals surface area contributed by atoms with Crippen molar-refractivity contribution in [2.24, 2.45) is 0 Å². The maximum Gasteiger partial charge on any atom is 0.269 e. The molecule has 0 fully saturated rings. The van der Waals surface area contributed by atoms with Crippen LogP contribution in [0, 0.1) is 13.8 Å². The molecule has 0 bridgehead atoms. The van der Waals surface area contributed by atoms with Crippen LogP contribution in [0.15, 0.2) is 27.6 Å². The van der Waals surface area contributed by atoms with Gasteiger partial charge < -0.3 is 9.26 Å². The molecule has 3 aromatic rings. The molecule has 0 saturated carbocycles. The molecule has 3 rings (SSSR count). The first-order valence-corrected chi connectivity index (χ1v) is 8.61. The van der Waals surface area contributed by atoms with Crippen molar-refractivity contribution in [2.75, 3.05) is 11.8 Å². The van der Waals surface area contributed by atoms with Gasteiger partial charge in [0, 0.05) is 0 Å². The maximum absolute atomic E-state index is 12.4. The Kier molecular flexibility index (Phi) is 3.53. The molecule has 1 aromatic carbocycles. The number of thiazole rings is 1. The van der Waals surface area contributed by atoms with Crippen molar-refractivity contribution in [3.63, 3.8) is 0 Å². The Balaban J connectivity index is 1.99. The van der Waals surface area contributed by atoms with E-state index < -0.39 is 10.0 Å². The lowest BCUT2D eigenvalue weighted by Gasteiger charge is -2.03. The number of sulfonamides is 1. The number of benzene rings is 1. The number of methoxy groups -OCH3 is 1. The van der Waals surface area contributed by atoms with Crippen molar-refractivity contribution >= 4 is 36.7 Å². The quantitative estimate of drug-likeness (QED) is 0.785. The average Bonchev–Trinajstić information content (AvgIpc) is 3.00. The van der Waals surface area contributed by atoms with Gasteiger partial charge in [-0.1, -0.05) is 16.5 Å². The molecule has 2 heterocycles. The van der Waals surface area contributed by atoms with Crippen LogP contribution in [0.5, 0.6) is 5.75 Å². The molecule has 7 nitrogen and oxygen atoms in total. The highest BCUT2D eigenvalue weighted by molar-refractivity contribution is 7.93. The van der Waals surface area contributed by atoms with Gasteiger partial charge in [0.1, 0.15) is 11.4 Å². The fraction of sp³-hybridized carbons (Fsp3) is 0.231. The summed E-state index contributed by atoms with van der Waals surface area (Å²) in [6, 6.07) is 5.35. The van der Waals surface area contributed by atoms with E-state index in [-0.39, 0.29) is 15.8 Å². The Bertz CT molecular complexity index is 924. The van der Waals surface area contributed by atoms with E-state index in [2.05, 4.69) is 14.9 Å². The Morgan fingerprint density at radius 2 is 2.09 bits per heavy atom. The van der Waals surface area contributed by atoms with E-state index in [4.69, 9.17) is 9.26 Å². The number of nitrogens with zero attached hydrogens (tertiary/aromatic N) is 2. The van der Waals surface area contributed by atoms with E-state index in [1.807, 2.05) is 0 Å². The second-order valence-electron chi connectivity index (χ2n) is 4.61. The van der Waals surface area contributed by atoms with Crippen molar-refractivity contribution in [3.8, 4) is 5.75 Å². The monoisotopic (exact) mass is 339 g/mol. The molecule has 0 aliphatic rings. The molecule has 116 valence electrons. The Morgan fingerprint density at radius 3 is 2.73 bits per heavy atom. The third-order valence-corrected chi connectivity index (χ3v) is 5.70. The standard InChI is InChI=1S/C13H13N3O4S2/c1-7-12(8(2)20-15-7)22(17,18)16-13-14-10-5-4-9(19-3)6-11(10)21-13/h4-6H,1-3H3,(H,14,16). The Labute approximate surface area is 131 Å². The molecule has 1 N–H and O–H groups in total. The van der Waals surface area contributed by atoms with Crippen molar-refractivity contribution < 1.29 is 17.7 Å². The fourth-order valence-corrected chi connectivity index (χ4v) is 4.56. The normalized spacial score (nSPS) is 11.8. The summed E-state index contributed by atoms with van der Waals surface area (Å²) in [5.74, 6) is 0.934. The lowest BCUT2D eigenvalue weighted by molar-refractivity contribution is 0.390. The summed E-state index contributed by atoms with van der Waals surface area (Å²) < 4.78 is 38.2. The van der Waals surface area contributed by atoms with Gasteiger partial charge in [0.15, 0.2) is 15.8 Å². The Hall–Kier alpha value is -2.13. The number of hydrogen-bond acceptors (Lipinski definition) is 7. The van der Waals surface area contributed by atoms with Gasteiger partial charge in [0.25, 0.3) is 10.0 Å². The van der Waals surface area contributed by atoms with Crippen molar-refractivity contribution in [1.29, 1.82) is 0 Å². The van der Waals surface area contributed by atoms with Crippen molar-refractivity contribution in [1.82, 2.24) is 10.1 Å². The van der Waals surface area contributed by atoms with E-state index in [1.54, 1.807) is 39.2 Å². The highest BCUT2D eigenvalue weighted by Crippen LogP contribution is 2.31. The van der Waals surface area contributed by atoms with E-state index in [0.717, 1.165) is 4.70 Å². The molecule has 22 heavy (non-hydrogen) atoms. The third-order valence-electron chi connectivity index (χ3n) is 3.05. The molecule has 9 heteroatoms. The van der Waals surface area contributed by atoms with Crippen LogP contribution in [0.3, 0.4) is 0 Å². The summed E-state index contributed by atoms with van der Waals surface area (Å²) in [6.45, 7) is 3.13. The fourth-order valence-electron chi connectivity index (χ4n) is 2.10. The minimum Gasteiger partial charge on any atom is -0.497 e. The number of ether oxygens (including phenoxy) is 1. The van der Waals surface area contributed by atoms with Gasteiger partial charge in [-0.05, 0) is 32.0 Å². The summed E-state index contributed by atoms with van der Waals surface area (Å²) in [5, 5.41) is 3.94. The first kappa shape index (κ1) is 14.8. The molecule has 0 atom stereocenters. The van der Waals surface area contributed by atoms with Crippen LogP contribution in [0.4, 0.5) is 5.13 Å². The minimum atomic E-state index is -3.78. The number of fused-ring (bicyclic) bond motifs is 1. The number of aromatic nitrogens is 2. The molecule has 0 aliphatic heterocycles. The zero-order valence-corrected chi connectivity index (χ0v) is 13.7. The molecule has 0 spiro atoms. The number of rotatable bonds is 4. The van der Waals surface area contributed by atoms with Crippen molar-refractivity contribution in [2.45, 2.75) is 18.7 Å². The van der Waals surface area contributed by atoms with E-state index in [1.165, 1.54) is 11.3 Å².